The zero-order chi connectivity index (χ0) is 27.4. The Morgan fingerprint density at radius 2 is 1.70 bits per heavy atom. The molecule has 196 valence electrons. The van der Waals surface area contributed by atoms with Gasteiger partial charge in [0.15, 0.2) is 9.84 Å². The molecule has 1 aromatic heterocycles. The second-order valence-corrected chi connectivity index (χ2v) is 10.2. The highest BCUT2D eigenvalue weighted by Crippen LogP contribution is 2.30. The molecule has 1 N–H and O–H groups in total. The number of carbonyl (C=O) groups is 2. The third-order valence-corrected chi connectivity index (χ3v) is 7.22. The van der Waals surface area contributed by atoms with Crippen molar-refractivity contribution in [2.75, 3.05) is 12.9 Å². The first-order valence-electron chi connectivity index (χ1n) is 10.9. The van der Waals surface area contributed by atoms with E-state index in [0.29, 0.717) is 11.3 Å². The maximum absolute atomic E-state index is 13.1. The lowest BCUT2D eigenvalue weighted by molar-refractivity contribution is -0.140. The van der Waals surface area contributed by atoms with Crippen molar-refractivity contribution in [2.45, 2.75) is 31.0 Å². The second kappa shape index (κ2) is 11.0. The molecule has 0 saturated heterocycles. The molecule has 0 saturated carbocycles. The monoisotopic (exact) mass is 536 g/mol. The smallest absolute Gasteiger partial charge is 0.416 e. The summed E-state index contributed by atoms with van der Waals surface area (Å²) >= 11 is 0. The van der Waals surface area contributed by atoms with Crippen LogP contribution in [0.15, 0.2) is 70.4 Å². The molecule has 2 aromatic carbocycles. The van der Waals surface area contributed by atoms with E-state index in [1.165, 1.54) is 55.5 Å². The summed E-state index contributed by atoms with van der Waals surface area (Å²) < 4.78 is 69.5. The number of halogens is 3. The number of nitrogens with one attached hydrogen (secondary N) is 1. The lowest BCUT2D eigenvalue weighted by Crippen LogP contribution is -2.33. The van der Waals surface area contributed by atoms with Crippen LogP contribution in [-0.4, -0.2) is 37.7 Å². The van der Waals surface area contributed by atoms with E-state index in [2.05, 4.69) is 10.1 Å². The van der Waals surface area contributed by atoms with Crippen LogP contribution in [0.5, 0.6) is 0 Å². The molecule has 1 heterocycles. The van der Waals surface area contributed by atoms with Crippen molar-refractivity contribution in [1.29, 1.82) is 0 Å². The molecule has 0 radical (unpaired) electrons. The van der Waals surface area contributed by atoms with Crippen molar-refractivity contribution in [3.8, 4) is 5.69 Å². The number of carbonyl (C=O) groups excluding carboxylic acids is 2. The van der Waals surface area contributed by atoms with Crippen LogP contribution in [0, 0.1) is 6.92 Å². The number of nitrogens with zero attached hydrogens (tertiary/aromatic N) is 1. The molecule has 37 heavy (non-hydrogen) atoms. The summed E-state index contributed by atoms with van der Waals surface area (Å²) in [5.74, 6) is -1.81. The Balaban J connectivity index is 1.76. The molecule has 0 aliphatic rings. The quantitative estimate of drug-likeness (QED) is 0.442. The van der Waals surface area contributed by atoms with Crippen molar-refractivity contribution < 1.29 is 35.9 Å². The topological polar surface area (TPSA) is 112 Å². The first kappa shape index (κ1) is 27.7. The van der Waals surface area contributed by atoms with Crippen LogP contribution in [0.2, 0.25) is 0 Å². The minimum atomic E-state index is -4.60. The van der Waals surface area contributed by atoms with Gasteiger partial charge in [0.05, 0.1) is 29.7 Å². The van der Waals surface area contributed by atoms with Crippen LogP contribution in [-0.2, 0) is 32.1 Å². The summed E-state index contributed by atoms with van der Waals surface area (Å²) in [6.07, 6.45) is -4.88. The van der Waals surface area contributed by atoms with Gasteiger partial charge < -0.3 is 10.1 Å². The standard InChI is InChI=1S/C25H23F3N2O6S/c1-16-6-11-21(24(33)30(16)19-5-3-4-18(14-19)25(26,27)28)23(32)29-15-17-7-9-20(10-8-17)37(34,35)13-12-22(31)36-2/h3-11,14H,12-13,15H2,1-2H3,(H,29,32). The molecule has 0 aliphatic heterocycles. The summed E-state index contributed by atoms with van der Waals surface area (Å²) in [7, 11) is -2.55. The number of pyridine rings is 1. The zero-order valence-corrected chi connectivity index (χ0v) is 20.7. The average molecular weight is 537 g/mol. The molecule has 3 aromatic rings. The molecule has 8 nitrogen and oxygen atoms in total. The van der Waals surface area contributed by atoms with Gasteiger partial charge in [-0.3, -0.25) is 19.0 Å². The van der Waals surface area contributed by atoms with E-state index >= 15 is 0 Å². The molecular formula is C25H23F3N2O6S. The Bertz CT molecular complexity index is 1480. The molecule has 0 aliphatic carbocycles. The van der Waals surface area contributed by atoms with E-state index in [4.69, 9.17) is 0 Å². The average Bonchev–Trinajstić information content (AvgIpc) is 2.86. The van der Waals surface area contributed by atoms with Gasteiger partial charge in [0.25, 0.3) is 11.5 Å². The van der Waals surface area contributed by atoms with E-state index in [9.17, 15) is 36.0 Å². The number of hydrogen-bond donors (Lipinski definition) is 1. The fourth-order valence-electron chi connectivity index (χ4n) is 3.48. The summed E-state index contributed by atoms with van der Waals surface area (Å²) in [4.78, 5) is 36.9. The highest BCUT2D eigenvalue weighted by atomic mass is 32.2. The lowest BCUT2D eigenvalue weighted by atomic mass is 10.1. The number of ether oxygens (including phenoxy) is 1. The van der Waals surface area contributed by atoms with Gasteiger partial charge in [-0.1, -0.05) is 18.2 Å². The van der Waals surface area contributed by atoms with Gasteiger partial charge in [0, 0.05) is 17.9 Å². The van der Waals surface area contributed by atoms with Gasteiger partial charge in [-0.25, -0.2) is 8.42 Å². The highest BCUT2D eigenvalue weighted by Gasteiger charge is 2.30. The molecule has 3 rings (SSSR count). The van der Waals surface area contributed by atoms with Crippen molar-refractivity contribution >= 4 is 21.7 Å². The Morgan fingerprint density at radius 3 is 2.32 bits per heavy atom. The number of amides is 1. The van der Waals surface area contributed by atoms with E-state index in [-0.39, 0.29) is 29.1 Å². The molecule has 1 amide bonds. The first-order valence-corrected chi connectivity index (χ1v) is 12.6. The summed E-state index contributed by atoms with van der Waals surface area (Å²) in [5, 5.41) is 2.55. The Kier molecular flexibility index (Phi) is 8.22. The van der Waals surface area contributed by atoms with Gasteiger partial charge in [-0.05, 0) is 55.0 Å². The minimum absolute atomic E-state index is 0.00557. The summed E-state index contributed by atoms with van der Waals surface area (Å²) in [6, 6.07) is 12.6. The number of sulfone groups is 1. The van der Waals surface area contributed by atoms with Gasteiger partial charge in [0.1, 0.15) is 5.56 Å². The lowest BCUT2D eigenvalue weighted by Gasteiger charge is -2.14. The number of aryl methyl sites for hydroxylation is 1. The Morgan fingerprint density at radius 1 is 1.03 bits per heavy atom. The van der Waals surface area contributed by atoms with E-state index in [1.807, 2.05) is 0 Å². The van der Waals surface area contributed by atoms with Gasteiger partial charge in [0.2, 0.25) is 0 Å². The first-order chi connectivity index (χ1) is 17.3. The van der Waals surface area contributed by atoms with Crippen molar-refractivity contribution in [3.05, 3.63) is 93.4 Å². The molecular weight excluding hydrogens is 513 g/mol. The van der Waals surface area contributed by atoms with Crippen LogP contribution >= 0.6 is 0 Å². The second-order valence-electron chi connectivity index (χ2n) is 8.05. The SMILES string of the molecule is COC(=O)CCS(=O)(=O)c1ccc(CNC(=O)c2ccc(C)n(-c3cccc(C(F)(F)F)c3)c2=O)cc1. The number of alkyl halides is 3. The molecule has 0 fully saturated rings. The van der Waals surface area contributed by atoms with Gasteiger partial charge >= 0.3 is 12.1 Å². The van der Waals surface area contributed by atoms with E-state index < -0.39 is 44.8 Å². The maximum Gasteiger partial charge on any atom is 0.416 e. The number of esters is 1. The minimum Gasteiger partial charge on any atom is -0.469 e. The van der Waals surface area contributed by atoms with Crippen molar-refractivity contribution in [2.24, 2.45) is 0 Å². The fraction of sp³-hybridized carbons (Fsp3) is 0.240. The molecule has 0 atom stereocenters. The van der Waals surface area contributed by atoms with Crippen molar-refractivity contribution in [3.63, 3.8) is 0 Å². The largest absolute Gasteiger partial charge is 0.469 e. The number of rotatable bonds is 8. The summed E-state index contributed by atoms with van der Waals surface area (Å²) in [5.41, 5.74) is -1.15. The predicted octanol–water partition coefficient (Wildman–Crippen LogP) is 3.43. The molecule has 12 heteroatoms. The Labute approximate surface area is 210 Å². The number of hydrogen-bond acceptors (Lipinski definition) is 6. The number of benzene rings is 2. The number of methoxy groups -OCH3 is 1. The van der Waals surface area contributed by atoms with Gasteiger partial charge in [-0.15, -0.1) is 0 Å². The fourth-order valence-corrected chi connectivity index (χ4v) is 4.70. The van der Waals surface area contributed by atoms with Crippen LogP contribution < -0.4 is 10.9 Å². The Hall–Kier alpha value is -3.93. The third-order valence-electron chi connectivity index (χ3n) is 5.49. The molecule has 0 spiro atoms. The normalized spacial score (nSPS) is 11.7. The van der Waals surface area contributed by atoms with Crippen LogP contribution in [0.25, 0.3) is 5.69 Å². The summed E-state index contributed by atoms with van der Waals surface area (Å²) in [6.45, 7) is 1.49. The highest BCUT2D eigenvalue weighted by molar-refractivity contribution is 7.91. The van der Waals surface area contributed by atoms with Crippen molar-refractivity contribution in [1.82, 2.24) is 9.88 Å². The maximum atomic E-state index is 13.1. The number of aromatic nitrogens is 1. The zero-order valence-electron chi connectivity index (χ0n) is 19.8. The van der Waals surface area contributed by atoms with Gasteiger partial charge in [-0.2, -0.15) is 13.2 Å². The van der Waals surface area contributed by atoms with E-state index in [1.54, 1.807) is 0 Å². The predicted molar refractivity (Wildman–Crippen MR) is 128 cm³/mol. The molecule has 0 unspecified atom stereocenters. The molecule has 0 bridgehead atoms. The van der Waals surface area contributed by atoms with Crippen LogP contribution in [0.4, 0.5) is 13.2 Å². The van der Waals surface area contributed by atoms with Crippen LogP contribution in [0.3, 0.4) is 0 Å². The van der Waals surface area contributed by atoms with E-state index in [0.717, 1.165) is 23.8 Å². The van der Waals surface area contributed by atoms with Crippen LogP contribution in [0.1, 0.15) is 33.6 Å². The third kappa shape index (κ3) is 6.64.